The summed E-state index contributed by atoms with van der Waals surface area (Å²) in [4.78, 5) is 13.7. The molecule has 2 unspecified atom stereocenters. The van der Waals surface area contributed by atoms with Crippen molar-refractivity contribution < 1.29 is 0 Å². The highest BCUT2D eigenvalue weighted by Gasteiger charge is 2.33. The van der Waals surface area contributed by atoms with E-state index in [0.29, 0.717) is 6.04 Å². The molecule has 0 saturated carbocycles. The Morgan fingerprint density at radius 3 is 2.80 bits per heavy atom. The maximum Gasteiger partial charge on any atom is 0.225 e. The van der Waals surface area contributed by atoms with Crippen LogP contribution >= 0.6 is 22.6 Å². The largest absolute Gasteiger partial charge is 0.335 e. The van der Waals surface area contributed by atoms with Crippen molar-refractivity contribution in [2.45, 2.75) is 12.5 Å². The maximum absolute atomic E-state index is 4.41. The van der Waals surface area contributed by atoms with E-state index in [1.54, 1.807) is 0 Å². The Morgan fingerprint density at radius 2 is 2.00 bits per heavy atom. The van der Waals surface area contributed by atoms with Gasteiger partial charge in [0.2, 0.25) is 5.95 Å². The molecule has 0 radical (unpaired) electrons. The summed E-state index contributed by atoms with van der Waals surface area (Å²) in [5.74, 6) is 0.905. The Hall–Kier alpha value is -0.430. The average Bonchev–Trinajstić information content (AvgIpc) is 2.63. The van der Waals surface area contributed by atoms with Crippen molar-refractivity contribution in [1.82, 2.24) is 14.9 Å². The van der Waals surface area contributed by atoms with Crippen molar-refractivity contribution in [2.24, 2.45) is 0 Å². The number of halogens is 1. The normalized spacial score (nSPS) is 29.5. The van der Waals surface area contributed by atoms with Gasteiger partial charge in [-0.15, -0.1) is 0 Å². The minimum absolute atomic E-state index is 0.638. The van der Waals surface area contributed by atoms with E-state index in [0.717, 1.165) is 22.6 Å². The molecule has 0 aromatic carbocycles. The average molecular weight is 316 g/mol. The van der Waals surface area contributed by atoms with Crippen LogP contribution in [-0.2, 0) is 0 Å². The van der Waals surface area contributed by atoms with Gasteiger partial charge in [0.25, 0.3) is 0 Å². The number of anilines is 1. The summed E-state index contributed by atoms with van der Waals surface area (Å²) in [5, 5.41) is 0. The Bertz CT molecular complexity index is 353. The SMILES string of the molecule is Ic1cnc(N2CCN3CCC2C3)nc1. The van der Waals surface area contributed by atoms with Crippen LogP contribution in [-0.4, -0.2) is 47.1 Å². The molecule has 2 aliphatic heterocycles. The van der Waals surface area contributed by atoms with Gasteiger partial charge in [0.15, 0.2) is 0 Å². The van der Waals surface area contributed by atoms with Crippen molar-refractivity contribution >= 4 is 28.5 Å². The number of hydrogen-bond donors (Lipinski definition) is 0. The molecule has 0 amide bonds. The van der Waals surface area contributed by atoms with Crippen LogP contribution in [0.2, 0.25) is 0 Å². The zero-order chi connectivity index (χ0) is 10.3. The molecular weight excluding hydrogens is 303 g/mol. The quantitative estimate of drug-likeness (QED) is 0.723. The van der Waals surface area contributed by atoms with Crippen LogP contribution in [0.25, 0.3) is 0 Å². The number of nitrogens with zero attached hydrogens (tertiary/aromatic N) is 4. The van der Waals surface area contributed by atoms with E-state index in [9.17, 15) is 0 Å². The first-order valence-corrected chi connectivity index (χ1v) is 6.37. The van der Waals surface area contributed by atoms with Gasteiger partial charge in [0, 0.05) is 48.2 Å². The molecule has 0 N–H and O–H groups in total. The molecule has 3 rings (SSSR count). The fraction of sp³-hybridized carbons (Fsp3) is 0.600. The Kier molecular flexibility index (Phi) is 2.51. The Balaban J connectivity index is 1.84. The van der Waals surface area contributed by atoms with Gasteiger partial charge >= 0.3 is 0 Å². The minimum Gasteiger partial charge on any atom is -0.335 e. The van der Waals surface area contributed by atoms with Gasteiger partial charge in [-0.2, -0.15) is 0 Å². The van der Waals surface area contributed by atoms with Crippen LogP contribution in [0, 0.1) is 3.57 Å². The van der Waals surface area contributed by atoms with Crippen LogP contribution < -0.4 is 4.90 Å². The monoisotopic (exact) mass is 316 g/mol. The predicted octanol–water partition coefficient (Wildman–Crippen LogP) is 0.975. The lowest BCUT2D eigenvalue weighted by Crippen LogP contribution is -2.47. The summed E-state index contributed by atoms with van der Waals surface area (Å²) in [6, 6.07) is 0.638. The van der Waals surface area contributed by atoms with E-state index < -0.39 is 0 Å². The molecule has 2 saturated heterocycles. The fourth-order valence-corrected chi connectivity index (χ4v) is 2.70. The number of rotatable bonds is 1. The second kappa shape index (κ2) is 3.86. The molecule has 4 nitrogen and oxygen atoms in total. The van der Waals surface area contributed by atoms with Crippen molar-refractivity contribution in [1.29, 1.82) is 0 Å². The topological polar surface area (TPSA) is 32.3 Å². The van der Waals surface area contributed by atoms with Crippen LogP contribution in [0.3, 0.4) is 0 Å². The summed E-state index contributed by atoms with van der Waals surface area (Å²) < 4.78 is 1.10. The summed E-state index contributed by atoms with van der Waals surface area (Å²) in [6.45, 7) is 4.66. The lowest BCUT2D eigenvalue weighted by molar-refractivity contribution is 0.309. The Labute approximate surface area is 103 Å². The van der Waals surface area contributed by atoms with Gasteiger partial charge in [-0.05, 0) is 29.0 Å². The van der Waals surface area contributed by atoms with Crippen molar-refractivity contribution in [3.8, 4) is 0 Å². The summed E-state index contributed by atoms with van der Waals surface area (Å²) >= 11 is 2.24. The molecule has 3 heterocycles. The van der Waals surface area contributed by atoms with Gasteiger partial charge in [0.05, 0.1) is 0 Å². The number of hydrogen-bond acceptors (Lipinski definition) is 4. The van der Waals surface area contributed by atoms with Crippen LogP contribution in [0.15, 0.2) is 12.4 Å². The summed E-state index contributed by atoms with van der Waals surface area (Å²) in [6.07, 6.45) is 5.05. The highest BCUT2D eigenvalue weighted by molar-refractivity contribution is 14.1. The van der Waals surface area contributed by atoms with Crippen LogP contribution in [0.5, 0.6) is 0 Å². The van der Waals surface area contributed by atoms with E-state index in [1.165, 1.54) is 19.5 Å². The first kappa shape index (κ1) is 9.77. The zero-order valence-corrected chi connectivity index (χ0v) is 10.6. The summed E-state index contributed by atoms with van der Waals surface area (Å²) in [7, 11) is 0. The minimum atomic E-state index is 0.638. The molecule has 1 aromatic rings. The third kappa shape index (κ3) is 1.82. The molecule has 0 aliphatic carbocycles. The lowest BCUT2D eigenvalue weighted by Gasteiger charge is -2.34. The predicted molar refractivity (Wildman–Crippen MR) is 66.9 cm³/mol. The van der Waals surface area contributed by atoms with Gasteiger partial charge in [-0.25, -0.2) is 9.97 Å². The smallest absolute Gasteiger partial charge is 0.225 e. The highest BCUT2D eigenvalue weighted by Crippen LogP contribution is 2.23. The van der Waals surface area contributed by atoms with Gasteiger partial charge in [-0.3, -0.25) is 4.90 Å². The van der Waals surface area contributed by atoms with E-state index in [-0.39, 0.29) is 0 Å². The fourth-order valence-electron chi connectivity index (χ4n) is 2.42. The number of piperazine rings is 1. The van der Waals surface area contributed by atoms with Gasteiger partial charge in [0.1, 0.15) is 0 Å². The second-order valence-corrected chi connectivity index (χ2v) is 5.38. The maximum atomic E-state index is 4.41. The van der Waals surface area contributed by atoms with E-state index in [1.807, 2.05) is 12.4 Å². The van der Waals surface area contributed by atoms with E-state index in [4.69, 9.17) is 0 Å². The first-order chi connectivity index (χ1) is 7.33. The van der Waals surface area contributed by atoms with Crippen LogP contribution in [0.4, 0.5) is 5.95 Å². The van der Waals surface area contributed by atoms with E-state index in [2.05, 4.69) is 42.4 Å². The molecule has 2 atom stereocenters. The van der Waals surface area contributed by atoms with Gasteiger partial charge in [-0.1, -0.05) is 0 Å². The second-order valence-electron chi connectivity index (χ2n) is 4.14. The Morgan fingerprint density at radius 1 is 1.20 bits per heavy atom. The van der Waals surface area contributed by atoms with Crippen molar-refractivity contribution in [2.75, 3.05) is 31.1 Å². The number of fused-ring (bicyclic) bond motifs is 2. The molecule has 0 spiro atoms. The summed E-state index contributed by atoms with van der Waals surface area (Å²) in [5.41, 5.74) is 0. The molecular formula is C10H13IN4. The zero-order valence-electron chi connectivity index (χ0n) is 8.43. The highest BCUT2D eigenvalue weighted by atomic mass is 127. The van der Waals surface area contributed by atoms with Crippen LogP contribution in [0.1, 0.15) is 6.42 Å². The third-order valence-corrected chi connectivity index (χ3v) is 3.77. The van der Waals surface area contributed by atoms with Gasteiger partial charge < -0.3 is 4.90 Å². The molecule has 2 aliphatic rings. The molecule has 2 bridgehead atoms. The number of aromatic nitrogens is 2. The molecule has 15 heavy (non-hydrogen) atoms. The van der Waals surface area contributed by atoms with Crippen molar-refractivity contribution in [3.05, 3.63) is 16.0 Å². The lowest BCUT2D eigenvalue weighted by atomic mass is 10.2. The van der Waals surface area contributed by atoms with E-state index >= 15 is 0 Å². The molecule has 5 heteroatoms. The molecule has 80 valence electrons. The standard InChI is InChI=1S/C10H13IN4/c11-8-5-12-10(13-6-8)15-4-3-14-2-1-9(15)7-14/h5-6,9H,1-4,7H2. The molecule has 2 fully saturated rings. The van der Waals surface area contributed by atoms with Crippen molar-refractivity contribution in [3.63, 3.8) is 0 Å². The molecule has 1 aromatic heterocycles. The first-order valence-electron chi connectivity index (χ1n) is 5.29. The third-order valence-electron chi connectivity index (χ3n) is 3.21.